The average molecular weight is 182 g/mol. The first kappa shape index (κ1) is 9.80. The number of likely N-dealkylation sites (N-methyl/N-ethyl adjacent to an activating group) is 1. The Hall–Kier alpha value is -1.29. The van der Waals surface area contributed by atoms with Crippen molar-refractivity contribution in [1.82, 2.24) is 9.88 Å². The lowest BCUT2D eigenvalue weighted by Gasteiger charge is -2.24. The van der Waals surface area contributed by atoms with Crippen molar-refractivity contribution < 1.29 is 9.90 Å². The number of rotatable bonds is 3. The Morgan fingerprint density at radius 2 is 2.46 bits per heavy atom. The van der Waals surface area contributed by atoms with Gasteiger partial charge in [-0.25, -0.2) is 0 Å². The zero-order chi connectivity index (χ0) is 9.84. The van der Waals surface area contributed by atoms with Gasteiger partial charge in [-0.05, 0) is 12.1 Å². The number of aromatic nitrogens is 1. The molecule has 1 aromatic rings. The summed E-state index contributed by atoms with van der Waals surface area (Å²) in [6.07, 6.45) is 1.77. The van der Waals surface area contributed by atoms with Gasteiger partial charge in [-0.15, -0.1) is 0 Å². The number of aliphatic hydroxyl groups is 1. The van der Waals surface area contributed by atoms with Crippen LogP contribution in [0, 0.1) is 0 Å². The molecular formula is C9H14N2O2. The third kappa shape index (κ3) is 2.09. The van der Waals surface area contributed by atoms with Crippen molar-refractivity contribution >= 4 is 5.91 Å². The highest BCUT2D eigenvalue weighted by atomic mass is 16.3. The van der Waals surface area contributed by atoms with Crippen molar-refractivity contribution in [3.8, 4) is 0 Å². The summed E-state index contributed by atoms with van der Waals surface area (Å²) in [5, 5.41) is 9.10. The first-order valence-electron chi connectivity index (χ1n) is 4.14. The van der Waals surface area contributed by atoms with Gasteiger partial charge in [0.1, 0.15) is 0 Å². The molecule has 0 aliphatic rings. The number of aromatic amines is 1. The number of nitrogens with zero attached hydrogens (tertiary/aromatic N) is 1. The fourth-order valence-corrected chi connectivity index (χ4v) is 1.20. The van der Waals surface area contributed by atoms with Gasteiger partial charge < -0.3 is 15.0 Å². The van der Waals surface area contributed by atoms with Gasteiger partial charge in [0, 0.05) is 25.9 Å². The van der Waals surface area contributed by atoms with Crippen LogP contribution in [0.25, 0.3) is 0 Å². The maximum atomic E-state index is 11.0. The normalized spacial score (nSPS) is 12.5. The van der Waals surface area contributed by atoms with Gasteiger partial charge in [0.15, 0.2) is 0 Å². The van der Waals surface area contributed by atoms with Crippen molar-refractivity contribution in [2.45, 2.75) is 13.0 Å². The van der Waals surface area contributed by atoms with Gasteiger partial charge in [0.05, 0.1) is 12.6 Å². The lowest BCUT2D eigenvalue weighted by molar-refractivity contribution is -0.130. The second kappa shape index (κ2) is 4.09. The van der Waals surface area contributed by atoms with E-state index in [0.717, 1.165) is 5.69 Å². The predicted molar refractivity (Wildman–Crippen MR) is 49.1 cm³/mol. The van der Waals surface area contributed by atoms with E-state index >= 15 is 0 Å². The molecule has 1 atom stereocenters. The molecule has 0 fully saturated rings. The van der Waals surface area contributed by atoms with E-state index < -0.39 is 0 Å². The van der Waals surface area contributed by atoms with E-state index in [1.54, 1.807) is 13.2 Å². The smallest absolute Gasteiger partial charge is 0.219 e. The third-order valence-electron chi connectivity index (χ3n) is 2.12. The minimum Gasteiger partial charge on any atom is -0.394 e. The van der Waals surface area contributed by atoms with Gasteiger partial charge in [0.2, 0.25) is 5.91 Å². The number of hydrogen-bond acceptors (Lipinski definition) is 2. The zero-order valence-electron chi connectivity index (χ0n) is 7.82. The summed E-state index contributed by atoms with van der Waals surface area (Å²) in [6, 6.07) is 3.42. The monoisotopic (exact) mass is 182 g/mol. The molecule has 4 heteroatoms. The number of H-pyrrole nitrogens is 1. The molecule has 0 radical (unpaired) electrons. The second-order valence-corrected chi connectivity index (χ2v) is 2.95. The summed E-state index contributed by atoms with van der Waals surface area (Å²) in [4.78, 5) is 15.5. The first-order valence-corrected chi connectivity index (χ1v) is 4.14. The Balaban J connectivity index is 2.79. The molecule has 4 nitrogen and oxygen atoms in total. The van der Waals surface area contributed by atoms with E-state index in [0.29, 0.717) is 0 Å². The fraction of sp³-hybridized carbons (Fsp3) is 0.444. The molecular weight excluding hydrogens is 168 g/mol. The first-order chi connectivity index (χ1) is 6.16. The molecule has 0 aliphatic heterocycles. The molecule has 2 N–H and O–H groups in total. The van der Waals surface area contributed by atoms with Crippen LogP contribution in [0.1, 0.15) is 18.7 Å². The van der Waals surface area contributed by atoms with Gasteiger partial charge in [-0.1, -0.05) is 0 Å². The lowest BCUT2D eigenvalue weighted by Crippen LogP contribution is -2.31. The van der Waals surface area contributed by atoms with E-state index in [1.165, 1.54) is 11.8 Å². The van der Waals surface area contributed by atoms with Crippen molar-refractivity contribution in [1.29, 1.82) is 0 Å². The average Bonchev–Trinajstić information content (AvgIpc) is 2.58. The van der Waals surface area contributed by atoms with Crippen LogP contribution in [0.4, 0.5) is 0 Å². The number of nitrogens with one attached hydrogen (secondary N) is 1. The summed E-state index contributed by atoms with van der Waals surface area (Å²) >= 11 is 0. The maximum absolute atomic E-state index is 11.0. The number of hydrogen-bond donors (Lipinski definition) is 2. The van der Waals surface area contributed by atoms with Gasteiger partial charge >= 0.3 is 0 Å². The van der Waals surface area contributed by atoms with E-state index in [4.69, 9.17) is 5.11 Å². The third-order valence-corrected chi connectivity index (χ3v) is 2.12. The zero-order valence-corrected chi connectivity index (χ0v) is 7.82. The van der Waals surface area contributed by atoms with Crippen LogP contribution < -0.4 is 0 Å². The molecule has 1 heterocycles. The largest absolute Gasteiger partial charge is 0.394 e. The topological polar surface area (TPSA) is 56.3 Å². The van der Waals surface area contributed by atoms with Gasteiger partial charge in [0.25, 0.3) is 0 Å². The molecule has 0 aliphatic carbocycles. The van der Waals surface area contributed by atoms with E-state index in [1.807, 2.05) is 12.1 Å². The second-order valence-electron chi connectivity index (χ2n) is 2.95. The fourth-order valence-electron chi connectivity index (χ4n) is 1.20. The molecule has 0 aromatic carbocycles. The Labute approximate surface area is 77.2 Å². The minimum absolute atomic E-state index is 0.0614. The molecule has 1 rings (SSSR count). The molecule has 1 unspecified atom stereocenters. The molecule has 1 aromatic heterocycles. The van der Waals surface area contributed by atoms with E-state index in [9.17, 15) is 4.79 Å². The number of aliphatic hydroxyl groups excluding tert-OH is 1. The van der Waals surface area contributed by atoms with Crippen molar-refractivity contribution in [3.63, 3.8) is 0 Å². The molecule has 0 saturated heterocycles. The van der Waals surface area contributed by atoms with Crippen molar-refractivity contribution in [2.75, 3.05) is 13.7 Å². The Morgan fingerprint density at radius 1 is 1.77 bits per heavy atom. The summed E-state index contributed by atoms with van der Waals surface area (Å²) < 4.78 is 0. The standard InChI is InChI=1S/C9H14N2O2/c1-7(13)11(2)9(6-12)8-4-3-5-10-8/h3-5,9-10,12H,6H2,1-2H3. The Morgan fingerprint density at radius 3 is 2.85 bits per heavy atom. The van der Waals surface area contributed by atoms with Crippen LogP contribution in [-0.4, -0.2) is 34.6 Å². The van der Waals surface area contributed by atoms with Crippen LogP contribution in [0.2, 0.25) is 0 Å². The van der Waals surface area contributed by atoms with Gasteiger partial charge in [-0.3, -0.25) is 4.79 Å². The van der Waals surface area contributed by atoms with Crippen LogP contribution in [0.15, 0.2) is 18.3 Å². The highest BCUT2D eigenvalue weighted by Gasteiger charge is 2.18. The SMILES string of the molecule is CC(=O)N(C)C(CO)c1ccc[nH]1. The quantitative estimate of drug-likeness (QED) is 0.716. The van der Waals surface area contributed by atoms with Crippen molar-refractivity contribution in [3.05, 3.63) is 24.0 Å². The highest BCUT2D eigenvalue weighted by molar-refractivity contribution is 5.73. The Bertz CT molecular complexity index is 269. The molecule has 0 bridgehead atoms. The molecule has 1 amide bonds. The number of amides is 1. The summed E-state index contributed by atoms with van der Waals surface area (Å²) in [7, 11) is 1.67. The van der Waals surface area contributed by atoms with Gasteiger partial charge in [-0.2, -0.15) is 0 Å². The van der Waals surface area contributed by atoms with Crippen LogP contribution >= 0.6 is 0 Å². The van der Waals surface area contributed by atoms with Crippen LogP contribution in [0.5, 0.6) is 0 Å². The number of carbonyl (C=O) groups is 1. The Kier molecular flexibility index (Phi) is 3.08. The maximum Gasteiger partial charge on any atom is 0.219 e. The minimum atomic E-state index is -0.271. The molecule has 0 saturated carbocycles. The molecule has 72 valence electrons. The summed E-state index contributed by atoms with van der Waals surface area (Å²) in [5.74, 6) is -0.0614. The summed E-state index contributed by atoms with van der Waals surface area (Å²) in [6.45, 7) is 1.40. The van der Waals surface area contributed by atoms with Crippen molar-refractivity contribution in [2.24, 2.45) is 0 Å². The van der Waals surface area contributed by atoms with Crippen LogP contribution in [0.3, 0.4) is 0 Å². The predicted octanol–water partition coefficient (Wildman–Crippen LogP) is 0.526. The van der Waals surface area contributed by atoms with E-state index in [-0.39, 0.29) is 18.6 Å². The molecule has 13 heavy (non-hydrogen) atoms. The number of carbonyl (C=O) groups excluding carboxylic acids is 1. The van der Waals surface area contributed by atoms with Crippen LogP contribution in [-0.2, 0) is 4.79 Å². The lowest BCUT2D eigenvalue weighted by atomic mass is 10.2. The van der Waals surface area contributed by atoms with E-state index in [2.05, 4.69) is 4.98 Å². The molecule has 0 spiro atoms. The summed E-state index contributed by atoms with van der Waals surface area (Å²) in [5.41, 5.74) is 0.847. The highest BCUT2D eigenvalue weighted by Crippen LogP contribution is 2.16.